The second-order valence-electron chi connectivity index (χ2n) is 2.07. The summed E-state index contributed by atoms with van der Waals surface area (Å²) >= 11 is 0. The number of hydrogen-bond donors (Lipinski definition) is 0. The van der Waals surface area contributed by atoms with Gasteiger partial charge in [0, 0.05) is 5.57 Å². The van der Waals surface area contributed by atoms with Gasteiger partial charge in [-0.15, -0.1) is 0 Å². The molecule has 0 N–H and O–H groups in total. The first kappa shape index (κ1) is 16.2. The first-order chi connectivity index (χ1) is 5.39. The molecule has 0 aromatic rings. The van der Waals surface area contributed by atoms with Gasteiger partial charge in [-0.25, -0.2) is 4.79 Å². The third kappa shape index (κ3) is 7.80. The maximum Gasteiger partial charge on any atom is 1.00 e. The van der Waals surface area contributed by atoms with E-state index in [1.807, 2.05) is 0 Å². The molecule has 7 heteroatoms. The summed E-state index contributed by atoms with van der Waals surface area (Å²) in [5, 5.41) is 0. The van der Waals surface area contributed by atoms with Gasteiger partial charge in [0.2, 0.25) is 0 Å². The molecule has 0 saturated heterocycles. The predicted octanol–water partition coefficient (Wildman–Crippen LogP) is -2.50. The summed E-state index contributed by atoms with van der Waals surface area (Å²) in [5.74, 6) is -1.15. The Morgan fingerprint density at radius 3 is 2.31 bits per heavy atom. The smallest absolute Gasteiger partial charge is 1.00 e. The van der Waals surface area contributed by atoms with Crippen LogP contribution in [0.3, 0.4) is 0 Å². The molecule has 72 valence electrons. The second-order valence-corrected chi connectivity index (χ2v) is 3.89. The number of hydrogen-bond acceptors (Lipinski definition) is 5. The van der Waals surface area contributed by atoms with Crippen LogP contribution in [0.1, 0.15) is 15.3 Å². The molecule has 0 atom stereocenters. The van der Waals surface area contributed by atoms with Crippen LogP contribution in [0.4, 0.5) is 0 Å². The fourth-order valence-corrected chi connectivity index (χ4v) is 0.464. The maximum atomic E-state index is 10.6. The fraction of sp³-hybridized carbons (Fsp3) is 0.500. The van der Waals surface area contributed by atoms with Crippen molar-refractivity contribution in [3.63, 3.8) is 0 Å². The number of carbonyl (C=O) groups excluding carboxylic acids is 1. The van der Waals surface area contributed by atoms with Crippen molar-refractivity contribution in [1.82, 2.24) is 0 Å². The third-order valence-corrected chi connectivity index (χ3v) is 1.90. The summed E-state index contributed by atoms with van der Waals surface area (Å²) < 4.78 is 25.1. The molecular formula is C6H11KO5S. The minimum Gasteiger partial charge on any atom is -1.00 e. The van der Waals surface area contributed by atoms with E-state index >= 15 is 0 Å². The summed E-state index contributed by atoms with van der Waals surface area (Å²) in [7, 11) is -3.73. The Morgan fingerprint density at radius 1 is 1.54 bits per heavy atom. The maximum absolute atomic E-state index is 10.6. The monoisotopic (exact) mass is 234 g/mol. The van der Waals surface area contributed by atoms with Crippen molar-refractivity contribution in [2.45, 2.75) is 13.8 Å². The molecule has 0 aromatic heterocycles. The van der Waals surface area contributed by atoms with E-state index in [0.29, 0.717) is 0 Å². The Balaban J connectivity index is -0.000000605. The van der Waals surface area contributed by atoms with Crippen LogP contribution in [0.25, 0.3) is 0 Å². The Bertz CT molecular complexity index is 287. The van der Waals surface area contributed by atoms with Gasteiger partial charge in [-0.3, -0.25) is 4.89 Å². The summed E-state index contributed by atoms with van der Waals surface area (Å²) in [5.41, 5.74) is 0.0707. The van der Waals surface area contributed by atoms with Crippen molar-refractivity contribution in [1.29, 1.82) is 0 Å². The van der Waals surface area contributed by atoms with E-state index in [1.54, 1.807) is 0 Å². The topological polar surface area (TPSA) is 69.7 Å². The molecule has 0 aliphatic heterocycles. The van der Waals surface area contributed by atoms with E-state index in [0.717, 1.165) is 0 Å². The van der Waals surface area contributed by atoms with Gasteiger partial charge in [0.25, 0.3) is 0 Å². The van der Waals surface area contributed by atoms with Crippen LogP contribution >= 0.6 is 0 Å². The molecular weight excluding hydrogens is 223 g/mol. The minimum absolute atomic E-state index is 0. The van der Waals surface area contributed by atoms with Gasteiger partial charge in [0.05, 0.1) is 5.75 Å². The van der Waals surface area contributed by atoms with E-state index in [4.69, 9.17) is 0 Å². The van der Waals surface area contributed by atoms with Crippen molar-refractivity contribution < 1.29 is 75.2 Å². The van der Waals surface area contributed by atoms with Gasteiger partial charge in [0.1, 0.15) is 0 Å². The standard InChI is InChI=1S/C6H10O5S.K.H/c1-4-12(8,9)11-10-6(7)5(2)3;;/h2,4H2,1,3H3;;/q;+1;-1. The molecule has 0 spiro atoms. The SMILES string of the molecule is C=C(C)C(=O)OOS(=O)(=O)CC.[H-].[K+]. The van der Waals surface area contributed by atoms with E-state index in [-0.39, 0.29) is 64.1 Å². The van der Waals surface area contributed by atoms with Crippen molar-refractivity contribution in [2.24, 2.45) is 0 Å². The van der Waals surface area contributed by atoms with Gasteiger partial charge in [-0.05, 0) is 13.8 Å². The molecule has 0 rings (SSSR count). The largest absolute Gasteiger partial charge is 1.00 e. The quantitative estimate of drug-likeness (QED) is 0.233. The number of carbonyl (C=O) groups is 1. The van der Waals surface area contributed by atoms with Crippen molar-refractivity contribution >= 4 is 16.1 Å². The average Bonchev–Trinajstić information content (AvgIpc) is 2.00. The van der Waals surface area contributed by atoms with E-state index < -0.39 is 16.1 Å². The molecule has 0 saturated carbocycles. The molecule has 0 amide bonds. The van der Waals surface area contributed by atoms with Crippen molar-refractivity contribution in [3.05, 3.63) is 12.2 Å². The Kier molecular flexibility index (Phi) is 8.85. The molecule has 0 unspecified atom stereocenters. The zero-order chi connectivity index (χ0) is 9.78. The van der Waals surface area contributed by atoms with E-state index in [2.05, 4.69) is 15.8 Å². The summed E-state index contributed by atoms with van der Waals surface area (Å²) in [6.07, 6.45) is 0. The Hall–Kier alpha value is 0.756. The Morgan fingerprint density at radius 2 is 2.00 bits per heavy atom. The average molecular weight is 234 g/mol. The zero-order valence-electron chi connectivity index (χ0n) is 8.86. The van der Waals surface area contributed by atoms with Crippen LogP contribution in [0.5, 0.6) is 0 Å². The van der Waals surface area contributed by atoms with Crippen LogP contribution in [-0.4, -0.2) is 20.1 Å². The van der Waals surface area contributed by atoms with Crippen LogP contribution in [0.15, 0.2) is 12.2 Å². The van der Waals surface area contributed by atoms with Gasteiger partial charge >= 0.3 is 67.5 Å². The van der Waals surface area contributed by atoms with E-state index in [1.165, 1.54) is 13.8 Å². The van der Waals surface area contributed by atoms with Crippen molar-refractivity contribution in [3.8, 4) is 0 Å². The van der Waals surface area contributed by atoms with Gasteiger partial charge in [-0.2, -0.15) is 8.42 Å². The molecule has 0 aromatic carbocycles. The van der Waals surface area contributed by atoms with Crippen LogP contribution in [0.2, 0.25) is 0 Å². The predicted molar refractivity (Wildman–Crippen MR) is 42.6 cm³/mol. The Labute approximate surface area is 121 Å². The van der Waals surface area contributed by atoms with E-state index in [9.17, 15) is 13.2 Å². The van der Waals surface area contributed by atoms with Crippen LogP contribution < -0.4 is 51.4 Å². The molecule has 0 aliphatic carbocycles. The van der Waals surface area contributed by atoms with Crippen LogP contribution in [-0.2, 0) is 24.1 Å². The molecule has 5 nitrogen and oxygen atoms in total. The van der Waals surface area contributed by atoms with Gasteiger partial charge in [0.15, 0.2) is 0 Å². The zero-order valence-corrected chi connectivity index (χ0v) is 11.8. The summed E-state index contributed by atoms with van der Waals surface area (Å²) in [6.45, 7) is 5.98. The van der Waals surface area contributed by atoms with Gasteiger partial charge in [-0.1, -0.05) is 10.9 Å². The molecule has 13 heavy (non-hydrogen) atoms. The fourth-order valence-electron chi connectivity index (χ4n) is 0.202. The third-order valence-electron chi connectivity index (χ3n) is 0.915. The molecule has 0 fully saturated rings. The van der Waals surface area contributed by atoms with Crippen LogP contribution in [0, 0.1) is 0 Å². The molecule has 0 bridgehead atoms. The molecule has 0 radical (unpaired) electrons. The normalized spacial score (nSPS) is 10.0. The van der Waals surface area contributed by atoms with Gasteiger partial charge < -0.3 is 1.43 Å². The summed E-state index contributed by atoms with van der Waals surface area (Å²) in [6, 6.07) is 0. The second kappa shape index (κ2) is 7.10. The van der Waals surface area contributed by atoms with Crippen molar-refractivity contribution in [2.75, 3.05) is 5.75 Å². The number of rotatable bonds is 4. The molecule has 0 aliphatic rings. The first-order valence-electron chi connectivity index (χ1n) is 3.17. The first-order valence-corrected chi connectivity index (χ1v) is 4.75. The summed E-state index contributed by atoms with van der Waals surface area (Å²) in [4.78, 5) is 14.5. The molecule has 0 heterocycles. The minimum atomic E-state index is -3.73.